The van der Waals surface area contributed by atoms with Crippen LogP contribution in [0.3, 0.4) is 0 Å². The van der Waals surface area contributed by atoms with Crippen LogP contribution in [-0.2, 0) is 6.42 Å². The number of benzene rings is 1. The van der Waals surface area contributed by atoms with Crippen molar-refractivity contribution in [1.29, 1.82) is 5.26 Å². The molecular formula is C23H21FN7OS. The predicted octanol–water partition coefficient (Wildman–Crippen LogP) is 4.31. The Labute approximate surface area is 194 Å². The lowest BCUT2D eigenvalue weighted by Crippen LogP contribution is -2.22. The Balaban J connectivity index is 1.58. The van der Waals surface area contributed by atoms with Crippen LogP contribution in [0.25, 0.3) is 16.9 Å². The summed E-state index contributed by atoms with van der Waals surface area (Å²) >= 11 is 1.27. The molecule has 0 atom stereocenters. The van der Waals surface area contributed by atoms with Gasteiger partial charge in [-0.3, -0.25) is 0 Å². The third-order valence-electron chi connectivity index (χ3n) is 5.65. The number of hydrogen-bond donors (Lipinski definition) is 1. The van der Waals surface area contributed by atoms with Gasteiger partial charge in [0.05, 0.1) is 12.2 Å². The van der Waals surface area contributed by atoms with Gasteiger partial charge in [-0.05, 0) is 49.2 Å². The van der Waals surface area contributed by atoms with Crippen molar-refractivity contribution < 1.29 is 9.50 Å². The van der Waals surface area contributed by atoms with E-state index in [1.807, 2.05) is 35.9 Å². The van der Waals surface area contributed by atoms with Gasteiger partial charge in [-0.2, -0.15) is 9.78 Å². The second-order valence-corrected chi connectivity index (χ2v) is 8.76. The molecule has 0 amide bonds. The second-order valence-electron chi connectivity index (χ2n) is 7.79. The molecule has 5 rings (SSSR count). The zero-order chi connectivity index (χ0) is 23.1. The van der Waals surface area contributed by atoms with Gasteiger partial charge in [-0.1, -0.05) is 18.3 Å². The summed E-state index contributed by atoms with van der Waals surface area (Å²) in [4.78, 5) is 13.8. The van der Waals surface area contributed by atoms with Gasteiger partial charge in [-0.25, -0.2) is 14.4 Å². The van der Waals surface area contributed by atoms with E-state index < -0.39 is 0 Å². The van der Waals surface area contributed by atoms with Gasteiger partial charge in [0, 0.05) is 19.2 Å². The molecule has 3 aromatic heterocycles. The minimum atomic E-state index is -0.339. The van der Waals surface area contributed by atoms with Crippen molar-refractivity contribution in [2.75, 3.05) is 29.9 Å². The van der Waals surface area contributed by atoms with E-state index >= 15 is 0 Å². The van der Waals surface area contributed by atoms with E-state index in [2.05, 4.69) is 6.07 Å². The monoisotopic (exact) mass is 462 g/mol. The SMILES string of the molecule is CCc1nc2ccc(N3CC[C](O)C3)nn2c1N(C)c1nc(-c2ccc(F)cc2)c(C#N)s1. The lowest BCUT2D eigenvalue weighted by atomic mass is 10.1. The van der Waals surface area contributed by atoms with Gasteiger partial charge >= 0.3 is 0 Å². The second kappa shape index (κ2) is 8.42. The number of nitrogens with zero attached hydrogens (tertiary/aromatic N) is 7. The number of fused-ring (bicyclic) bond motifs is 1. The molecule has 1 aliphatic rings. The largest absolute Gasteiger partial charge is 0.385 e. The third-order valence-corrected chi connectivity index (χ3v) is 6.69. The van der Waals surface area contributed by atoms with Crippen molar-refractivity contribution in [3.05, 3.63) is 58.9 Å². The van der Waals surface area contributed by atoms with Gasteiger partial charge in [0.2, 0.25) is 0 Å². The van der Waals surface area contributed by atoms with E-state index in [0.717, 1.165) is 17.3 Å². The summed E-state index contributed by atoms with van der Waals surface area (Å²) < 4.78 is 15.2. The molecule has 0 unspecified atom stereocenters. The molecule has 1 N–H and O–H groups in total. The number of aliphatic hydroxyl groups excluding tert-OH is 1. The molecule has 1 saturated heterocycles. The zero-order valence-electron chi connectivity index (χ0n) is 18.2. The van der Waals surface area contributed by atoms with Gasteiger partial charge < -0.3 is 14.9 Å². The van der Waals surface area contributed by atoms with Crippen LogP contribution < -0.4 is 9.80 Å². The van der Waals surface area contributed by atoms with Crippen LogP contribution in [0.2, 0.25) is 0 Å². The van der Waals surface area contributed by atoms with Crippen LogP contribution in [0.4, 0.5) is 21.2 Å². The number of nitriles is 1. The minimum Gasteiger partial charge on any atom is -0.385 e. The number of anilines is 3. The number of aromatic nitrogens is 4. The molecule has 0 bridgehead atoms. The predicted molar refractivity (Wildman–Crippen MR) is 125 cm³/mol. The van der Waals surface area contributed by atoms with Crippen LogP contribution >= 0.6 is 11.3 Å². The lowest BCUT2D eigenvalue weighted by molar-refractivity contribution is 0.309. The number of rotatable bonds is 5. The first-order valence-electron chi connectivity index (χ1n) is 10.6. The number of imidazole rings is 1. The maximum atomic E-state index is 13.4. The number of halogens is 1. The van der Waals surface area contributed by atoms with Crippen LogP contribution in [0, 0.1) is 23.3 Å². The summed E-state index contributed by atoms with van der Waals surface area (Å²) in [5.41, 5.74) is 2.77. The first-order valence-corrected chi connectivity index (χ1v) is 11.4. The summed E-state index contributed by atoms with van der Waals surface area (Å²) in [5.74, 6) is 1.18. The van der Waals surface area contributed by atoms with E-state index in [-0.39, 0.29) is 5.82 Å². The molecule has 0 aliphatic carbocycles. The summed E-state index contributed by atoms with van der Waals surface area (Å²) in [6.07, 6.45) is 1.78. The van der Waals surface area contributed by atoms with E-state index in [1.54, 1.807) is 16.6 Å². The third kappa shape index (κ3) is 3.79. The molecule has 8 nitrogen and oxygen atoms in total. The first kappa shape index (κ1) is 21.3. The van der Waals surface area contributed by atoms with Gasteiger partial charge in [0.25, 0.3) is 0 Å². The molecule has 33 heavy (non-hydrogen) atoms. The van der Waals surface area contributed by atoms with E-state index in [0.29, 0.717) is 58.9 Å². The molecule has 4 aromatic rings. The zero-order valence-corrected chi connectivity index (χ0v) is 19.0. The normalized spacial score (nSPS) is 14.2. The number of thiazole rings is 1. The first-order chi connectivity index (χ1) is 16.0. The van der Waals surface area contributed by atoms with Gasteiger partial charge in [-0.15, -0.1) is 5.10 Å². The maximum Gasteiger partial charge on any atom is 0.192 e. The highest BCUT2D eigenvalue weighted by Crippen LogP contribution is 2.37. The Morgan fingerprint density at radius 2 is 2.00 bits per heavy atom. The van der Waals surface area contributed by atoms with Crippen molar-refractivity contribution in [2.24, 2.45) is 0 Å². The van der Waals surface area contributed by atoms with Crippen LogP contribution in [-0.4, -0.2) is 44.8 Å². The lowest BCUT2D eigenvalue weighted by Gasteiger charge is -2.19. The standard InChI is InChI=1S/C23H21FN7OS/c1-3-17-22(31-19(26-17)8-9-20(28-31)30-11-10-16(32)13-30)29(2)23-27-21(18(12-25)33-23)14-4-6-15(24)7-5-14/h4-9,32H,3,10-11,13H2,1-2H3. The molecule has 1 aliphatic heterocycles. The summed E-state index contributed by atoms with van der Waals surface area (Å²) in [6, 6.07) is 12.0. The Bertz CT molecular complexity index is 1360. The molecule has 4 heterocycles. The molecule has 0 saturated carbocycles. The highest BCUT2D eigenvalue weighted by molar-refractivity contribution is 7.16. The van der Waals surface area contributed by atoms with Crippen LogP contribution in [0.5, 0.6) is 0 Å². The molecule has 0 spiro atoms. The highest BCUT2D eigenvalue weighted by atomic mass is 32.1. The molecule has 167 valence electrons. The average molecular weight is 463 g/mol. The summed E-state index contributed by atoms with van der Waals surface area (Å²) in [7, 11) is 1.88. The van der Waals surface area contributed by atoms with Crippen molar-refractivity contribution >= 4 is 33.8 Å². The topological polar surface area (TPSA) is 93.6 Å². The van der Waals surface area contributed by atoms with Gasteiger partial charge in [0.15, 0.2) is 16.6 Å². The van der Waals surface area contributed by atoms with Crippen LogP contribution in [0.1, 0.15) is 23.9 Å². The minimum absolute atomic E-state index is 0.339. The summed E-state index contributed by atoms with van der Waals surface area (Å²) in [6.45, 7) is 3.21. The number of aryl methyl sites for hydroxylation is 1. The molecule has 1 fully saturated rings. The average Bonchev–Trinajstić information content (AvgIpc) is 3.54. The Hall–Kier alpha value is -3.55. The number of aliphatic hydroxyl groups is 1. The Morgan fingerprint density at radius 3 is 2.67 bits per heavy atom. The van der Waals surface area contributed by atoms with Crippen LogP contribution in [0.15, 0.2) is 36.4 Å². The van der Waals surface area contributed by atoms with Crippen molar-refractivity contribution in [3.8, 4) is 17.3 Å². The molecule has 1 radical (unpaired) electrons. The number of hydrogen-bond acceptors (Lipinski definition) is 8. The van der Waals surface area contributed by atoms with E-state index in [1.165, 1.54) is 23.5 Å². The van der Waals surface area contributed by atoms with Crippen molar-refractivity contribution in [1.82, 2.24) is 19.6 Å². The fraction of sp³-hybridized carbons (Fsp3) is 0.261. The van der Waals surface area contributed by atoms with Crippen molar-refractivity contribution in [2.45, 2.75) is 19.8 Å². The Kier molecular flexibility index (Phi) is 5.44. The quantitative estimate of drug-likeness (QED) is 0.472. The maximum absolute atomic E-state index is 13.4. The van der Waals surface area contributed by atoms with Gasteiger partial charge in [0.1, 0.15) is 34.4 Å². The Morgan fingerprint density at radius 1 is 1.21 bits per heavy atom. The molecule has 1 aromatic carbocycles. The molecular weight excluding hydrogens is 441 g/mol. The van der Waals surface area contributed by atoms with E-state index in [9.17, 15) is 14.8 Å². The smallest absolute Gasteiger partial charge is 0.192 e. The summed E-state index contributed by atoms with van der Waals surface area (Å²) in [5, 5.41) is 24.9. The fourth-order valence-corrected chi connectivity index (χ4v) is 4.81. The highest BCUT2D eigenvalue weighted by Gasteiger charge is 2.25. The fourth-order valence-electron chi connectivity index (χ4n) is 3.96. The van der Waals surface area contributed by atoms with E-state index in [4.69, 9.17) is 15.1 Å². The molecule has 10 heteroatoms. The van der Waals surface area contributed by atoms with Crippen molar-refractivity contribution in [3.63, 3.8) is 0 Å².